The Balaban J connectivity index is 2.35. The van der Waals surface area contributed by atoms with E-state index in [4.69, 9.17) is 10.5 Å². The molecule has 0 aliphatic rings. The highest BCUT2D eigenvalue weighted by molar-refractivity contribution is 5.80. The maximum Gasteiger partial charge on any atom is 0.0685 e. The second-order valence-electron chi connectivity index (χ2n) is 3.37. The highest BCUT2D eigenvalue weighted by atomic mass is 16.5. The molecule has 1 aromatic heterocycles. The van der Waals surface area contributed by atoms with Crippen molar-refractivity contribution in [2.24, 2.45) is 5.73 Å². The average Bonchev–Trinajstić information content (AvgIpc) is 2.61. The molecule has 2 rings (SSSR count). The highest BCUT2D eigenvalue weighted by Crippen LogP contribution is 2.18. The molecule has 1 aromatic carbocycles. The summed E-state index contributed by atoms with van der Waals surface area (Å²) in [5.74, 6) is 0. The molecular formula is C11H14N2O. The van der Waals surface area contributed by atoms with E-state index in [1.807, 2.05) is 18.2 Å². The van der Waals surface area contributed by atoms with E-state index in [2.05, 4.69) is 17.1 Å². The van der Waals surface area contributed by atoms with E-state index < -0.39 is 0 Å². The molecule has 0 spiro atoms. The minimum Gasteiger partial charge on any atom is -0.383 e. The molecule has 1 atom stereocenters. The Morgan fingerprint density at radius 3 is 2.93 bits per heavy atom. The van der Waals surface area contributed by atoms with Gasteiger partial charge in [0.25, 0.3) is 0 Å². The number of ether oxygens (including phenoxy) is 1. The second-order valence-corrected chi connectivity index (χ2v) is 3.37. The summed E-state index contributed by atoms with van der Waals surface area (Å²) in [5.41, 5.74) is 8.05. The maximum atomic E-state index is 5.91. The fraction of sp³-hybridized carbons (Fsp3) is 0.273. The van der Waals surface area contributed by atoms with Gasteiger partial charge in [-0.3, -0.25) is 0 Å². The average molecular weight is 190 g/mol. The van der Waals surface area contributed by atoms with E-state index in [0.29, 0.717) is 6.61 Å². The highest BCUT2D eigenvalue weighted by Gasteiger charge is 2.08. The van der Waals surface area contributed by atoms with Crippen molar-refractivity contribution in [3.8, 4) is 0 Å². The van der Waals surface area contributed by atoms with Crippen LogP contribution in [0.2, 0.25) is 0 Å². The largest absolute Gasteiger partial charge is 0.383 e. The van der Waals surface area contributed by atoms with Crippen molar-refractivity contribution in [2.75, 3.05) is 13.7 Å². The number of rotatable bonds is 3. The lowest BCUT2D eigenvalue weighted by molar-refractivity contribution is 0.180. The molecule has 3 N–H and O–H groups in total. The summed E-state index contributed by atoms with van der Waals surface area (Å²) in [5, 5.41) is 1.19. The van der Waals surface area contributed by atoms with Crippen LogP contribution in [0.25, 0.3) is 10.9 Å². The van der Waals surface area contributed by atoms with Crippen molar-refractivity contribution < 1.29 is 4.74 Å². The number of aromatic nitrogens is 1. The molecule has 0 radical (unpaired) electrons. The van der Waals surface area contributed by atoms with E-state index in [-0.39, 0.29) is 6.04 Å². The lowest BCUT2D eigenvalue weighted by atomic mass is 10.2. The van der Waals surface area contributed by atoms with E-state index >= 15 is 0 Å². The summed E-state index contributed by atoms with van der Waals surface area (Å²) in [6, 6.07) is 10.1. The summed E-state index contributed by atoms with van der Waals surface area (Å²) >= 11 is 0. The van der Waals surface area contributed by atoms with Gasteiger partial charge >= 0.3 is 0 Å². The number of H-pyrrole nitrogens is 1. The van der Waals surface area contributed by atoms with Crippen molar-refractivity contribution >= 4 is 10.9 Å². The van der Waals surface area contributed by atoms with Gasteiger partial charge in [0.15, 0.2) is 0 Å². The van der Waals surface area contributed by atoms with Crippen LogP contribution in [0, 0.1) is 0 Å². The standard InChI is InChI=1S/C11H14N2O/c1-14-7-9(12)11-6-8-4-2-3-5-10(8)13-11/h2-6,9,13H,7,12H2,1H3/t9-/m0/s1. The van der Waals surface area contributed by atoms with Crippen LogP contribution >= 0.6 is 0 Å². The van der Waals surface area contributed by atoms with Gasteiger partial charge in [0.05, 0.1) is 12.6 Å². The summed E-state index contributed by atoms with van der Waals surface area (Å²) in [7, 11) is 1.66. The van der Waals surface area contributed by atoms with Gasteiger partial charge in [0.2, 0.25) is 0 Å². The molecule has 0 fully saturated rings. The third kappa shape index (κ3) is 1.64. The maximum absolute atomic E-state index is 5.91. The molecule has 0 bridgehead atoms. The number of nitrogens with one attached hydrogen (secondary N) is 1. The first-order valence-electron chi connectivity index (χ1n) is 4.63. The van der Waals surface area contributed by atoms with Crippen molar-refractivity contribution in [1.29, 1.82) is 0 Å². The van der Waals surface area contributed by atoms with Crippen LogP contribution < -0.4 is 5.73 Å². The van der Waals surface area contributed by atoms with Crippen LogP contribution in [-0.2, 0) is 4.74 Å². The molecule has 3 nitrogen and oxygen atoms in total. The fourth-order valence-electron chi connectivity index (χ4n) is 1.56. The number of hydrogen-bond donors (Lipinski definition) is 2. The lowest BCUT2D eigenvalue weighted by Gasteiger charge is -2.06. The molecule has 0 saturated carbocycles. The van der Waals surface area contributed by atoms with Crippen LogP contribution in [0.1, 0.15) is 11.7 Å². The summed E-state index contributed by atoms with van der Waals surface area (Å²) in [4.78, 5) is 3.28. The number of aromatic amines is 1. The number of methoxy groups -OCH3 is 1. The van der Waals surface area contributed by atoms with Gasteiger partial charge in [-0.15, -0.1) is 0 Å². The topological polar surface area (TPSA) is 51.0 Å². The van der Waals surface area contributed by atoms with Crippen molar-refractivity contribution in [3.05, 3.63) is 36.0 Å². The van der Waals surface area contributed by atoms with Gasteiger partial charge < -0.3 is 15.5 Å². The van der Waals surface area contributed by atoms with E-state index in [9.17, 15) is 0 Å². The molecule has 1 heterocycles. The molecule has 0 amide bonds. The van der Waals surface area contributed by atoms with Gasteiger partial charge in [0, 0.05) is 18.3 Å². The molecule has 2 aromatic rings. The van der Waals surface area contributed by atoms with Crippen LogP contribution in [-0.4, -0.2) is 18.7 Å². The van der Waals surface area contributed by atoms with Crippen LogP contribution in [0.4, 0.5) is 0 Å². The van der Waals surface area contributed by atoms with Crippen LogP contribution in [0.3, 0.4) is 0 Å². The lowest BCUT2D eigenvalue weighted by Crippen LogP contribution is -2.16. The van der Waals surface area contributed by atoms with Crippen molar-refractivity contribution in [3.63, 3.8) is 0 Å². The molecule has 0 aliphatic heterocycles. The number of fused-ring (bicyclic) bond motifs is 1. The normalized spacial score (nSPS) is 13.3. The second kappa shape index (κ2) is 3.82. The van der Waals surface area contributed by atoms with Crippen LogP contribution in [0.15, 0.2) is 30.3 Å². The molecule has 14 heavy (non-hydrogen) atoms. The first-order chi connectivity index (χ1) is 6.81. The van der Waals surface area contributed by atoms with Gasteiger partial charge in [-0.25, -0.2) is 0 Å². The van der Waals surface area contributed by atoms with E-state index in [0.717, 1.165) is 11.2 Å². The molecule has 0 aliphatic carbocycles. The molecule has 3 heteroatoms. The van der Waals surface area contributed by atoms with Gasteiger partial charge in [-0.2, -0.15) is 0 Å². The molecular weight excluding hydrogens is 176 g/mol. The fourth-order valence-corrected chi connectivity index (χ4v) is 1.56. The smallest absolute Gasteiger partial charge is 0.0685 e. The minimum absolute atomic E-state index is 0.0765. The SMILES string of the molecule is COC[C@H](N)c1cc2ccccc2[nH]1. The summed E-state index contributed by atoms with van der Waals surface area (Å²) < 4.78 is 5.01. The number of nitrogens with two attached hydrogens (primary N) is 1. The zero-order chi connectivity index (χ0) is 9.97. The zero-order valence-corrected chi connectivity index (χ0v) is 8.16. The quantitative estimate of drug-likeness (QED) is 0.775. The molecule has 74 valence electrons. The summed E-state index contributed by atoms with van der Waals surface area (Å²) in [6.45, 7) is 0.535. The first-order valence-corrected chi connectivity index (χ1v) is 4.63. The Hall–Kier alpha value is -1.32. The van der Waals surface area contributed by atoms with Crippen LogP contribution in [0.5, 0.6) is 0 Å². The Kier molecular flexibility index (Phi) is 2.52. The third-order valence-corrected chi connectivity index (χ3v) is 2.30. The van der Waals surface area contributed by atoms with Crippen molar-refractivity contribution in [2.45, 2.75) is 6.04 Å². The summed E-state index contributed by atoms with van der Waals surface area (Å²) in [6.07, 6.45) is 0. The Morgan fingerprint density at radius 1 is 1.43 bits per heavy atom. The molecule has 0 unspecified atom stereocenters. The van der Waals surface area contributed by atoms with E-state index in [1.165, 1.54) is 5.39 Å². The van der Waals surface area contributed by atoms with Gasteiger partial charge in [-0.05, 0) is 17.5 Å². The number of para-hydroxylation sites is 1. The zero-order valence-electron chi connectivity index (χ0n) is 8.16. The third-order valence-electron chi connectivity index (χ3n) is 2.30. The van der Waals surface area contributed by atoms with Gasteiger partial charge in [0.1, 0.15) is 0 Å². The number of benzene rings is 1. The predicted molar refractivity (Wildman–Crippen MR) is 57.1 cm³/mol. The first kappa shape index (κ1) is 9.24. The van der Waals surface area contributed by atoms with E-state index in [1.54, 1.807) is 7.11 Å². The number of hydrogen-bond acceptors (Lipinski definition) is 2. The molecule has 0 saturated heterocycles. The predicted octanol–water partition coefficient (Wildman–Crippen LogP) is 1.81. The Morgan fingerprint density at radius 2 is 2.21 bits per heavy atom. The Labute approximate surface area is 82.9 Å². The van der Waals surface area contributed by atoms with Crippen molar-refractivity contribution in [1.82, 2.24) is 4.98 Å². The van der Waals surface area contributed by atoms with Gasteiger partial charge in [-0.1, -0.05) is 18.2 Å². The Bertz CT molecular complexity index is 389. The minimum atomic E-state index is -0.0765. The monoisotopic (exact) mass is 190 g/mol.